The molecular weight excluding hydrogens is 260 g/mol. The lowest BCUT2D eigenvalue weighted by atomic mass is 10.3. The molecule has 0 spiro atoms. The van der Waals surface area contributed by atoms with Gasteiger partial charge in [-0.25, -0.2) is 4.79 Å². The zero-order valence-corrected chi connectivity index (χ0v) is 11.6. The van der Waals surface area contributed by atoms with Crippen LogP contribution in [0.5, 0.6) is 0 Å². The highest BCUT2D eigenvalue weighted by Gasteiger charge is 2.23. The first-order chi connectivity index (χ1) is 9.60. The van der Waals surface area contributed by atoms with Crippen LogP contribution in [0, 0.1) is 0 Å². The zero-order chi connectivity index (χ0) is 14.5. The molecule has 1 saturated heterocycles. The van der Waals surface area contributed by atoms with Crippen molar-refractivity contribution < 1.29 is 9.59 Å². The molecule has 1 aromatic rings. The van der Waals surface area contributed by atoms with Gasteiger partial charge in [-0.05, 0) is 6.92 Å². The Morgan fingerprint density at radius 1 is 1.30 bits per heavy atom. The second-order valence-corrected chi connectivity index (χ2v) is 4.67. The second kappa shape index (κ2) is 6.27. The van der Waals surface area contributed by atoms with Crippen LogP contribution in [-0.4, -0.2) is 64.2 Å². The summed E-state index contributed by atoms with van der Waals surface area (Å²) in [4.78, 5) is 27.2. The van der Waals surface area contributed by atoms with Gasteiger partial charge in [0.25, 0.3) is 0 Å². The number of nitrogens with one attached hydrogen (secondary N) is 1. The fourth-order valence-electron chi connectivity index (χ4n) is 2.13. The van der Waals surface area contributed by atoms with Crippen molar-refractivity contribution in [1.82, 2.24) is 24.9 Å². The van der Waals surface area contributed by atoms with Crippen LogP contribution in [0.25, 0.3) is 0 Å². The Morgan fingerprint density at radius 2 is 1.95 bits per heavy atom. The van der Waals surface area contributed by atoms with Crippen molar-refractivity contribution in [3.8, 4) is 0 Å². The molecule has 1 aromatic heterocycles. The van der Waals surface area contributed by atoms with Gasteiger partial charge >= 0.3 is 6.03 Å². The Labute approximate surface area is 117 Å². The Balaban J connectivity index is 1.81. The van der Waals surface area contributed by atoms with E-state index in [2.05, 4.69) is 10.4 Å². The lowest BCUT2D eigenvalue weighted by Gasteiger charge is -2.34. The SMILES string of the molecule is CCNC(=O)N1CCN(C(=O)Cn2cc(N)cn2)CC1. The van der Waals surface area contributed by atoms with Gasteiger partial charge in [0, 0.05) is 38.9 Å². The Morgan fingerprint density at radius 3 is 2.50 bits per heavy atom. The van der Waals surface area contributed by atoms with Gasteiger partial charge in [-0.3, -0.25) is 9.48 Å². The van der Waals surface area contributed by atoms with Gasteiger partial charge in [-0.1, -0.05) is 0 Å². The summed E-state index contributed by atoms with van der Waals surface area (Å²) in [6, 6.07) is -0.0700. The summed E-state index contributed by atoms with van der Waals surface area (Å²) in [6.07, 6.45) is 3.14. The number of amides is 3. The van der Waals surface area contributed by atoms with Crippen LogP contribution < -0.4 is 11.1 Å². The molecule has 2 rings (SSSR count). The number of carbonyl (C=O) groups excluding carboxylic acids is 2. The molecule has 0 unspecified atom stereocenters. The fraction of sp³-hybridized carbons (Fsp3) is 0.583. The highest BCUT2D eigenvalue weighted by atomic mass is 16.2. The second-order valence-electron chi connectivity index (χ2n) is 4.67. The summed E-state index contributed by atoms with van der Waals surface area (Å²) in [5.74, 6) is -0.0105. The summed E-state index contributed by atoms with van der Waals surface area (Å²) >= 11 is 0. The highest BCUT2D eigenvalue weighted by molar-refractivity contribution is 5.77. The van der Waals surface area contributed by atoms with Crippen LogP contribution in [-0.2, 0) is 11.3 Å². The average Bonchev–Trinajstić information content (AvgIpc) is 2.84. The van der Waals surface area contributed by atoms with Gasteiger partial charge in [0.1, 0.15) is 6.54 Å². The molecule has 0 aliphatic carbocycles. The number of aromatic nitrogens is 2. The third-order valence-electron chi connectivity index (χ3n) is 3.20. The number of anilines is 1. The molecule has 8 heteroatoms. The Bertz CT molecular complexity index is 478. The number of urea groups is 1. The van der Waals surface area contributed by atoms with Crippen molar-refractivity contribution in [2.45, 2.75) is 13.5 Å². The first-order valence-electron chi connectivity index (χ1n) is 6.68. The maximum absolute atomic E-state index is 12.1. The first-order valence-corrected chi connectivity index (χ1v) is 6.68. The molecule has 8 nitrogen and oxygen atoms in total. The summed E-state index contributed by atoms with van der Waals surface area (Å²) in [6.45, 7) is 4.88. The van der Waals surface area contributed by atoms with Crippen molar-refractivity contribution in [2.24, 2.45) is 0 Å². The monoisotopic (exact) mass is 280 g/mol. The third-order valence-corrected chi connectivity index (χ3v) is 3.20. The minimum Gasteiger partial charge on any atom is -0.396 e. The van der Waals surface area contributed by atoms with E-state index in [0.29, 0.717) is 38.4 Å². The van der Waals surface area contributed by atoms with Crippen molar-refractivity contribution in [2.75, 3.05) is 38.5 Å². The first kappa shape index (κ1) is 14.2. The van der Waals surface area contributed by atoms with E-state index >= 15 is 0 Å². The predicted octanol–water partition coefficient (Wildman–Crippen LogP) is -0.661. The van der Waals surface area contributed by atoms with E-state index in [4.69, 9.17) is 5.73 Å². The van der Waals surface area contributed by atoms with Gasteiger partial charge < -0.3 is 20.9 Å². The topological polar surface area (TPSA) is 96.5 Å². The van der Waals surface area contributed by atoms with Crippen LogP contribution in [0.1, 0.15) is 6.92 Å². The lowest BCUT2D eigenvalue weighted by Crippen LogP contribution is -2.53. The number of nitrogens with two attached hydrogens (primary N) is 1. The molecule has 1 aliphatic heterocycles. The number of piperazine rings is 1. The number of nitrogens with zero attached hydrogens (tertiary/aromatic N) is 4. The summed E-state index contributed by atoms with van der Waals surface area (Å²) in [5, 5.41) is 6.75. The van der Waals surface area contributed by atoms with Crippen LogP contribution in [0.4, 0.5) is 10.5 Å². The van der Waals surface area contributed by atoms with E-state index in [0.717, 1.165) is 0 Å². The zero-order valence-electron chi connectivity index (χ0n) is 11.6. The minimum absolute atomic E-state index is 0.0105. The maximum atomic E-state index is 12.1. The molecule has 0 atom stereocenters. The molecule has 1 fully saturated rings. The van der Waals surface area contributed by atoms with Gasteiger partial charge in [-0.2, -0.15) is 5.10 Å². The van der Waals surface area contributed by atoms with Crippen molar-refractivity contribution in [1.29, 1.82) is 0 Å². The molecule has 0 aromatic carbocycles. The van der Waals surface area contributed by atoms with E-state index in [1.807, 2.05) is 6.92 Å². The van der Waals surface area contributed by atoms with Gasteiger partial charge in [-0.15, -0.1) is 0 Å². The smallest absolute Gasteiger partial charge is 0.317 e. The molecule has 0 saturated carbocycles. The lowest BCUT2D eigenvalue weighted by molar-refractivity contribution is -0.133. The molecule has 0 radical (unpaired) electrons. The Hall–Kier alpha value is -2.25. The van der Waals surface area contributed by atoms with Gasteiger partial charge in [0.05, 0.1) is 11.9 Å². The highest BCUT2D eigenvalue weighted by Crippen LogP contribution is 2.05. The minimum atomic E-state index is -0.0700. The number of carbonyl (C=O) groups is 2. The van der Waals surface area contributed by atoms with Crippen LogP contribution >= 0.6 is 0 Å². The standard InChI is InChI=1S/C12H20N6O2/c1-2-14-12(20)17-5-3-16(4-6-17)11(19)9-18-8-10(13)7-15-18/h7-8H,2-6,9,13H2,1H3,(H,14,20). The molecular formula is C12H20N6O2. The molecule has 3 amide bonds. The number of hydrogen-bond donors (Lipinski definition) is 2. The molecule has 1 aliphatic rings. The van der Waals surface area contributed by atoms with Crippen LogP contribution in [0.15, 0.2) is 12.4 Å². The van der Waals surface area contributed by atoms with Crippen molar-refractivity contribution >= 4 is 17.6 Å². The van der Waals surface area contributed by atoms with Gasteiger partial charge in [0.2, 0.25) is 5.91 Å². The Kier molecular flexibility index (Phi) is 4.44. The van der Waals surface area contributed by atoms with E-state index in [1.165, 1.54) is 10.9 Å². The van der Waals surface area contributed by atoms with Gasteiger partial charge in [0.15, 0.2) is 0 Å². The maximum Gasteiger partial charge on any atom is 0.317 e. The molecule has 20 heavy (non-hydrogen) atoms. The fourth-order valence-corrected chi connectivity index (χ4v) is 2.13. The molecule has 110 valence electrons. The van der Waals surface area contributed by atoms with Crippen LogP contribution in [0.3, 0.4) is 0 Å². The van der Waals surface area contributed by atoms with E-state index in [1.54, 1.807) is 16.0 Å². The van der Waals surface area contributed by atoms with Crippen molar-refractivity contribution in [3.63, 3.8) is 0 Å². The number of hydrogen-bond acceptors (Lipinski definition) is 4. The van der Waals surface area contributed by atoms with E-state index in [-0.39, 0.29) is 18.5 Å². The summed E-state index contributed by atoms with van der Waals surface area (Å²) in [5.41, 5.74) is 6.09. The molecule has 2 heterocycles. The summed E-state index contributed by atoms with van der Waals surface area (Å²) in [7, 11) is 0. The van der Waals surface area contributed by atoms with Crippen LogP contribution in [0.2, 0.25) is 0 Å². The van der Waals surface area contributed by atoms with E-state index in [9.17, 15) is 9.59 Å². The molecule has 3 N–H and O–H groups in total. The molecule has 0 bridgehead atoms. The largest absolute Gasteiger partial charge is 0.396 e. The van der Waals surface area contributed by atoms with E-state index < -0.39 is 0 Å². The predicted molar refractivity (Wildman–Crippen MR) is 73.9 cm³/mol. The number of rotatable bonds is 3. The quantitative estimate of drug-likeness (QED) is 0.768. The number of nitrogen functional groups attached to an aromatic ring is 1. The normalized spacial score (nSPS) is 15.2. The summed E-state index contributed by atoms with van der Waals surface area (Å²) < 4.78 is 1.52. The van der Waals surface area contributed by atoms with Crippen molar-refractivity contribution in [3.05, 3.63) is 12.4 Å². The third kappa shape index (κ3) is 3.40. The average molecular weight is 280 g/mol.